The van der Waals surface area contributed by atoms with Gasteiger partial charge in [0.25, 0.3) is 0 Å². The minimum absolute atomic E-state index is 0. The Morgan fingerprint density at radius 1 is 0.529 bits per heavy atom. The molecule has 0 aromatic heterocycles. The summed E-state index contributed by atoms with van der Waals surface area (Å²) in [5, 5.41) is 0. The molecule has 51 heavy (non-hydrogen) atoms. The molecule has 0 saturated heterocycles. The van der Waals surface area contributed by atoms with Crippen molar-refractivity contribution in [3.05, 3.63) is 53.6 Å². The van der Waals surface area contributed by atoms with Crippen LogP contribution >= 0.6 is 0 Å². The zero-order valence-electron chi connectivity index (χ0n) is 32.6. The fraction of sp³-hybridized carbons (Fsp3) is 0.714. The van der Waals surface area contributed by atoms with E-state index in [1.807, 2.05) is 12.2 Å². The number of rotatable bonds is 33. The van der Waals surface area contributed by atoms with Crippen molar-refractivity contribution in [3.8, 4) is 0 Å². The van der Waals surface area contributed by atoms with Gasteiger partial charge in [-0.15, -0.1) is 0 Å². The van der Waals surface area contributed by atoms with Crippen molar-refractivity contribution in [2.45, 2.75) is 186 Å². The predicted octanol–water partition coefficient (Wildman–Crippen LogP) is 9.20. The van der Waals surface area contributed by atoms with Gasteiger partial charge in [-0.25, -0.2) is 18.0 Å². The van der Waals surface area contributed by atoms with Crippen LogP contribution in [0.25, 0.3) is 0 Å². The molecule has 1 rings (SSSR count). The zero-order valence-corrected chi connectivity index (χ0v) is 36.5. The smallest absolute Gasteiger partial charge is 0.744 e. The molecule has 9 heteroatoms. The molecule has 0 saturated carbocycles. The van der Waals surface area contributed by atoms with Crippen LogP contribution in [0.5, 0.6) is 0 Å². The summed E-state index contributed by atoms with van der Waals surface area (Å²) in [5.74, 6) is -1.63. The van der Waals surface area contributed by atoms with Crippen molar-refractivity contribution < 1.29 is 83.4 Å². The normalized spacial score (nSPS) is 11.7. The Labute approximate surface area is 354 Å². The monoisotopic (exact) mass is 756 g/mol. The van der Waals surface area contributed by atoms with Crippen LogP contribution in [0.15, 0.2) is 47.4 Å². The minimum atomic E-state index is -4.83. The van der Waals surface area contributed by atoms with Gasteiger partial charge in [-0.3, -0.25) is 0 Å². The number of hydrogen-bond acceptors (Lipinski definition) is 7. The quantitative estimate of drug-likeness (QED) is 0.0231. The number of carbonyl (C=O) groups excluding carboxylic acids is 2. The van der Waals surface area contributed by atoms with Crippen LogP contribution in [-0.2, 0) is 19.6 Å². The van der Waals surface area contributed by atoms with Crippen molar-refractivity contribution in [3.63, 3.8) is 0 Å². The Bertz CT molecular complexity index is 1180. The number of esters is 2. The van der Waals surface area contributed by atoms with E-state index in [0.29, 0.717) is 12.8 Å². The third-order valence-corrected chi connectivity index (χ3v) is 9.87. The number of allylic oxidation sites excluding steroid dienone is 2. The van der Waals surface area contributed by atoms with Gasteiger partial charge in [-0.05, 0) is 56.7 Å². The molecular weight excluding hydrogens is 688 g/mol. The first-order valence-electron chi connectivity index (χ1n) is 20.0. The maximum Gasteiger partial charge on any atom is 1.00 e. The summed E-state index contributed by atoms with van der Waals surface area (Å²) in [6.45, 7) is 4.68. The Kier molecular flexibility index (Phi) is 34.4. The van der Waals surface area contributed by atoms with Gasteiger partial charge in [0, 0.05) is 0 Å². The van der Waals surface area contributed by atoms with E-state index in [0.717, 1.165) is 43.9 Å². The van der Waals surface area contributed by atoms with Crippen LogP contribution in [0.3, 0.4) is 0 Å². The van der Waals surface area contributed by atoms with E-state index in [1.165, 1.54) is 128 Å². The molecular formula is C42H69KO7S. The molecule has 1 aromatic carbocycles. The zero-order chi connectivity index (χ0) is 36.5. The molecule has 0 aliphatic carbocycles. The largest absolute Gasteiger partial charge is 1.00 e. The second-order valence-corrected chi connectivity index (χ2v) is 15.0. The summed E-state index contributed by atoms with van der Waals surface area (Å²) >= 11 is 0. The van der Waals surface area contributed by atoms with Gasteiger partial charge in [0.05, 0.1) is 29.2 Å². The van der Waals surface area contributed by atoms with Gasteiger partial charge < -0.3 is 14.0 Å². The number of unbranched alkanes of at least 4 members (excludes halogenated alkanes) is 22. The molecule has 0 bridgehead atoms. The molecule has 0 atom stereocenters. The Morgan fingerprint density at radius 3 is 1.24 bits per heavy atom. The van der Waals surface area contributed by atoms with E-state index in [1.54, 1.807) is 0 Å². The Hall–Kier alpha value is -0.814. The summed E-state index contributed by atoms with van der Waals surface area (Å²) < 4.78 is 45.5. The number of carbonyl (C=O) groups is 2. The van der Waals surface area contributed by atoms with Gasteiger partial charge in [-0.2, -0.15) is 0 Å². The first-order chi connectivity index (χ1) is 24.3. The fourth-order valence-electron chi connectivity index (χ4n) is 5.94. The van der Waals surface area contributed by atoms with Crippen molar-refractivity contribution in [1.82, 2.24) is 0 Å². The van der Waals surface area contributed by atoms with E-state index >= 15 is 0 Å². The molecule has 1 aromatic rings. The molecule has 0 unspecified atom stereocenters. The number of hydrogen-bond donors (Lipinski definition) is 0. The molecule has 0 fully saturated rings. The van der Waals surface area contributed by atoms with Gasteiger partial charge in [0.2, 0.25) is 0 Å². The second kappa shape index (κ2) is 34.9. The topological polar surface area (TPSA) is 110 Å². The Morgan fingerprint density at radius 2 is 0.863 bits per heavy atom. The van der Waals surface area contributed by atoms with Crippen molar-refractivity contribution >= 4 is 22.1 Å². The average Bonchev–Trinajstić information content (AvgIpc) is 3.10. The fourth-order valence-corrected chi connectivity index (χ4v) is 6.44. The maximum absolute atomic E-state index is 12.9. The van der Waals surface area contributed by atoms with E-state index in [9.17, 15) is 22.6 Å². The average molecular weight is 757 g/mol. The predicted molar refractivity (Wildman–Crippen MR) is 205 cm³/mol. The molecule has 0 radical (unpaired) electrons. The molecule has 286 valence electrons. The SMILES string of the molecule is CCCCCCCCCCCCC/C=C/CCOC(=O)c1ccc(S(=O)(=O)[O-])cc1C(=O)OCC/C=C/CCCCCCCCCCCCC.[K+]. The van der Waals surface area contributed by atoms with E-state index in [4.69, 9.17) is 9.47 Å². The van der Waals surface area contributed by atoms with E-state index in [-0.39, 0.29) is 75.7 Å². The first-order valence-corrected chi connectivity index (χ1v) is 21.5. The van der Waals surface area contributed by atoms with Crippen LogP contribution in [-0.4, -0.2) is 38.1 Å². The Balaban J connectivity index is 0.0000250. The minimum Gasteiger partial charge on any atom is -0.744 e. The van der Waals surface area contributed by atoms with E-state index in [2.05, 4.69) is 26.0 Å². The van der Waals surface area contributed by atoms with Crippen molar-refractivity contribution in [1.29, 1.82) is 0 Å². The van der Waals surface area contributed by atoms with Crippen molar-refractivity contribution in [2.75, 3.05) is 13.2 Å². The molecule has 0 heterocycles. The van der Waals surface area contributed by atoms with Gasteiger partial charge in [0.15, 0.2) is 0 Å². The molecule has 0 N–H and O–H groups in total. The third kappa shape index (κ3) is 28.3. The molecule has 0 amide bonds. The molecule has 0 aliphatic rings. The van der Waals surface area contributed by atoms with Crippen molar-refractivity contribution in [2.24, 2.45) is 0 Å². The second-order valence-electron chi connectivity index (χ2n) is 13.6. The van der Waals surface area contributed by atoms with Gasteiger partial charge in [0.1, 0.15) is 10.1 Å². The summed E-state index contributed by atoms with van der Waals surface area (Å²) in [4.78, 5) is 25.1. The van der Waals surface area contributed by atoms with Crippen LogP contribution in [0, 0.1) is 0 Å². The van der Waals surface area contributed by atoms with Crippen LogP contribution in [0.1, 0.15) is 202 Å². The van der Waals surface area contributed by atoms with Gasteiger partial charge >= 0.3 is 63.3 Å². The summed E-state index contributed by atoms with van der Waals surface area (Å²) in [6.07, 6.45) is 39.8. The van der Waals surface area contributed by atoms with Gasteiger partial charge in [-0.1, -0.05) is 167 Å². The van der Waals surface area contributed by atoms with Crippen LogP contribution < -0.4 is 51.4 Å². The molecule has 0 aliphatic heterocycles. The standard InChI is InChI=1S/C42H70O7S.K/c1-3-5-7-9-11-13-15-17-19-21-23-25-27-29-31-35-48-41(43)39-34-33-38(50(45,46)47)37-40(39)42(44)49-36-32-30-28-26-24-22-20-18-16-14-12-10-8-6-4-2;/h27-30,33-34,37H,3-26,31-32,35-36H2,1-2H3,(H,45,46,47);/q;+1/p-1/b29-27+,30-28+;. The summed E-state index contributed by atoms with van der Waals surface area (Å²) in [5.41, 5.74) is -0.414. The van der Waals surface area contributed by atoms with Crippen LogP contribution in [0.4, 0.5) is 0 Å². The summed E-state index contributed by atoms with van der Waals surface area (Å²) in [7, 11) is -4.83. The maximum atomic E-state index is 12.9. The third-order valence-electron chi connectivity index (χ3n) is 9.04. The summed E-state index contributed by atoms with van der Waals surface area (Å²) in [6, 6.07) is 3.05. The van der Waals surface area contributed by atoms with E-state index < -0.39 is 27.0 Å². The number of ether oxygens (including phenoxy) is 2. The number of benzene rings is 1. The molecule has 0 spiro atoms. The molecule has 7 nitrogen and oxygen atoms in total. The first kappa shape index (κ1) is 50.2. The van der Waals surface area contributed by atoms with Crippen LogP contribution in [0.2, 0.25) is 0 Å².